The van der Waals surface area contributed by atoms with Crippen molar-refractivity contribution in [3.8, 4) is 5.88 Å². The van der Waals surface area contributed by atoms with E-state index in [1.165, 1.54) is 25.9 Å². The molecule has 5 heteroatoms. The zero-order chi connectivity index (χ0) is 13.5. The lowest BCUT2D eigenvalue weighted by molar-refractivity contribution is 0.226. The normalized spacial score (nSPS) is 17.4. The standard InChI is InChI=1S/C14H24N4O/c1-3-8-19-14-9-13(16-11-17-14)15-10-12-4-6-18(2)7-5-12/h9,11-12H,3-8,10H2,1-2H3,(H,15,16,17). The second-order valence-corrected chi connectivity index (χ2v) is 5.22. The van der Waals surface area contributed by atoms with Crippen LogP contribution in [0.25, 0.3) is 0 Å². The number of aromatic nitrogens is 2. The van der Waals surface area contributed by atoms with Gasteiger partial charge in [-0.05, 0) is 45.3 Å². The summed E-state index contributed by atoms with van der Waals surface area (Å²) in [5, 5.41) is 3.40. The number of rotatable bonds is 6. The summed E-state index contributed by atoms with van der Waals surface area (Å²) in [5.74, 6) is 2.26. The van der Waals surface area contributed by atoms with Gasteiger partial charge in [0.1, 0.15) is 12.1 Å². The van der Waals surface area contributed by atoms with Crippen LogP contribution in [-0.2, 0) is 0 Å². The maximum atomic E-state index is 5.50. The Bertz CT molecular complexity index is 377. The Balaban J connectivity index is 1.78. The average molecular weight is 264 g/mol. The zero-order valence-corrected chi connectivity index (χ0v) is 11.9. The molecular weight excluding hydrogens is 240 g/mol. The molecule has 0 saturated carbocycles. The Morgan fingerprint density at radius 1 is 1.37 bits per heavy atom. The number of likely N-dealkylation sites (tertiary alicyclic amines) is 1. The fraction of sp³-hybridized carbons (Fsp3) is 0.714. The SMILES string of the molecule is CCCOc1cc(NCC2CCN(C)CC2)ncn1. The van der Waals surface area contributed by atoms with Crippen molar-refractivity contribution in [2.45, 2.75) is 26.2 Å². The quantitative estimate of drug-likeness (QED) is 0.852. The number of anilines is 1. The van der Waals surface area contributed by atoms with Gasteiger partial charge in [-0.1, -0.05) is 6.92 Å². The third-order valence-electron chi connectivity index (χ3n) is 3.51. The van der Waals surface area contributed by atoms with Crippen molar-refractivity contribution >= 4 is 5.82 Å². The van der Waals surface area contributed by atoms with Crippen molar-refractivity contribution in [1.82, 2.24) is 14.9 Å². The molecule has 0 radical (unpaired) electrons. The summed E-state index contributed by atoms with van der Waals surface area (Å²) in [6.45, 7) is 6.16. The predicted octanol–water partition coefficient (Wildman–Crippen LogP) is 2.02. The summed E-state index contributed by atoms with van der Waals surface area (Å²) >= 11 is 0. The average Bonchev–Trinajstić information content (AvgIpc) is 2.45. The van der Waals surface area contributed by atoms with E-state index in [4.69, 9.17) is 4.74 Å². The highest BCUT2D eigenvalue weighted by molar-refractivity contribution is 5.37. The van der Waals surface area contributed by atoms with Crippen molar-refractivity contribution in [3.63, 3.8) is 0 Å². The fourth-order valence-corrected chi connectivity index (χ4v) is 2.24. The highest BCUT2D eigenvalue weighted by atomic mass is 16.5. The molecule has 2 heterocycles. The van der Waals surface area contributed by atoms with Gasteiger partial charge >= 0.3 is 0 Å². The van der Waals surface area contributed by atoms with Gasteiger partial charge in [-0.3, -0.25) is 0 Å². The molecule has 0 aliphatic carbocycles. The van der Waals surface area contributed by atoms with E-state index < -0.39 is 0 Å². The molecule has 0 bridgehead atoms. The number of hydrogen-bond acceptors (Lipinski definition) is 5. The molecule has 1 fully saturated rings. The van der Waals surface area contributed by atoms with E-state index in [1.54, 1.807) is 6.33 Å². The van der Waals surface area contributed by atoms with Crippen LogP contribution in [-0.4, -0.2) is 48.2 Å². The molecule has 1 aromatic heterocycles. The Hall–Kier alpha value is -1.36. The summed E-state index contributed by atoms with van der Waals surface area (Å²) in [6, 6.07) is 1.88. The number of hydrogen-bond donors (Lipinski definition) is 1. The topological polar surface area (TPSA) is 50.3 Å². The number of ether oxygens (including phenoxy) is 1. The highest BCUT2D eigenvalue weighted by Gasteiger charge is 2.16. The molecule has 19 heavy (non-hydrogen) atoms. The molecular formula is C14H24N4O. The summed E-state index contributed by atoms with van der Waals surface area (Å²) in [5.41, 5.74) is 0. The molecule has 5 nitrogen and oxygen atoms in total. The zero-order valence-electron chi connectivity index (χ0n) is 11.9. The fourth-order valence-electron chi connectivity index (χ4n) is 2.24. The van der Waals surface area contributed by atoms with Gasteiger partial charge in [0.25, 0.3) is 0 Å². The van der Waals surface area contributed by atoms with Crippen LogP contribution < -0.4 is 10.1 Å². The minimum absolute atomic E-state index is 0.655. The highest BCUT2D eigenvalue weighted by Crippen LogP contribution is 2.17. The maximum absolute atomic E-state index is 5.50. The molecule has 106 valence electrons. The first kappa shape index (κ1) is 14.1. The van der Waals surface area contributed by atoms with Crippen LogP contribution in [0.1, 0.15) is 26.2 Å². The van der Waals surface area contributed by atoms with Gasteiger partial charge in [0.05, 0.1) is 6.61 Å². The first-order valence-corrected chi connectivity index (χ1v) is 7.15. The molecule has 1 aliphatic heterocycles. The lowest BCUT2D eigenvalue weighted by Crippen LogP contribution is -2.33. The summed E-state index contributed by atoms with van der Waals surface area (Å²) < 4.78 is 5.50. The van der Waals surface area contributed by atoms with Crippen molar-refractivity contribution in [2.24, 2.45) is 5.92 Å². The Morgan fingerprint density at radius 2 is 2.16 bits per heavy atom. The van der Waals surface area contributed by atoms with Crippen LogP contribution in [0.2, 0.25) is 0 Å². The number of nitrogens with one attached hydrogen (secondary N) is 1. The van der Waals surface area contributed by atoms with Gasteiger partial charge in [0.2, 0.25) is 5.88 Å². The Labute approximate surface area is 115 Å². The Kier molecular flexibility index (Phi) is 5.39. The maximum Gasteiger partial charge on any atom is 0.218 e. The van der Waals surface area contributed by atoms with Crippen LogP contribution >= 0.6 is 0 Å². The van der Waals surface area contributed by atoms with Crippen LogP contribution in [0.5, 0.6) is 5.88 Å². The molecule has 0 spiro atoms. The monoisotopic (exact) mass is 264 g/mol. The van der Waals surface area contributed by atoms with Gasteiger partial charge in [-0.15, -0.1) is 0 Å². The first-order chi connectivity index (χ1) is 9.28. The lowest BCUT2D eigenvalue weighted by atomic mass is 9.97. The Morgan fingerprint density at radius 3 is 2.89 bits per heavy atom. The van der Waals surface area contributed by atoms with Crippen molar-refractivity contribution in [1.29, 1.82) is 0 Å². The van der Waals surface area contributed by atoms with Crippen LogP contribution in [0, 0.1) is 5.92 Å². The number of piperidine rings is 1. The van der Waals surface area contributed by atoms with Gasteiger partial charge in [-0.25, -0.2) is 9.97 Å². The van der Waals surface area contributed by atoms with Crippen molar-refractivity contribution < 1.29 is 4.74 Å². The second kappa shape index (κ2) is 7.28. The minimum atomic E-state index is 0.655. The lowest BCUT2D eigenvalue weighted by Gasteiger charge is -2.29. The van der Waals surface area contributed by atoms with Crippen molar-refractivity contribution in [3.05, 3.63) is 12.4 Å². The van der Waals surface area contributed by atoms with Gasteiger partial charge in [0.15, 0.2) is 0 Å². The predicted molar refractivity (Wildman–Crippen MR) is 76.5 cm³/mol. The molecule has 1 N–H and O–H groups in total. The molecule has 1 saturated heterocycles. The minimum Gasteiger partial charge on any atom is -0.478 e. The third kappa shape index (κ3) is 4.67. The number of nitrogens with zero attached hydrogens (tertiary/aromatic N) is 3. The van der Waals surface area contributed by atoms with E-state index in [-0.39, 0.29) is 0 Å². The third-order valence-corrected chi connectivity index (χ3v) is 3.51. The summed E-state index contributed by atoms with van der Waals surface area (Å²) in [6.07, 6.45) is 5.06. The van der Waals surface area contributed by atoms with Crippen LogP contribution in [0.15, 0.2) is 12.4 Å². The van der Waals surface area contributed by atoms with E-state index in [9.17, 15) is 0 Å². The molecule has 1 aromatic rings. The second-order valence-electron chi connectivity index (χ2n) is 5.22. The molecule has 0 atom stereocenters. The van der Waals surface area contributed by atoms with Crippen molar-refractivity contribution in [2.75, 3.05) is 38.6 Å². The first-order valence-electron chi connectivity index (χ1n) is 7.15. The largest absolute Gasteiger partial charge is 0.478 e. The smallest absolute Gasteiger partial charge is 0.218 e. The summed E-state index contributed by atoms with van der Waals surface area (Å²) in [4.78, 5) is 10.7. The summed E-state index contributed by atoms with van der Waals surface area (Å²) in [7, 11) is 2.19. The molecule has 0 aromatic carbocycles. The molecule has 0 amide bonds. The van der Waals surface area contributed by atoms with Crippen LogP contribution in [0.4, 0.5) is 5.82 Å². The van der Waals surface area contributed by atoms with Crippen LogP contribution in [0.3, 0.4) is 0 Å². The van der Waals surface area contributed by atoms with E-state index in [0.717, 1.165) is 24.7 Å². The van der Waals surface area contributed by atoms with E-state index >= 15 is 0 Å². The molecule has 2 rings (SSSR count). The van der Waals surface area contributed by atoms with E-state index in [0.29, 0.717) is 12.5 Å². The van der Waals surface area contributed by atoms with E-state index in [1.807, 2.05) is 6.07 Å². The molecule has 1 aliphatic rings. The molecule has 0 unspecified atom stereocenters. The van der Waals surface area contributed by atoms with E-state index in [2.05, 4.69) is 34.2 Å². The van der Waals surface area contributed by atoms with Gasteiger partial charge < -0.3 is 15.0 Å². The van der Waals surface area contributed by atoms with Gasteiger partial charge in [-0.2, -0.15) is 0 Å². The van der Waals surface area contributed by atoms with Gasteiger partial charge in [0, 0.05) is 12.6 Å².